The van der Waals surface area contributed by atoms with Crippen molar-refractivity contribution < 1.29 is 9.53 Å². The van der Waals surface area contributed by atoms with Gasteiger partial charge in [0.25, 0.3) is 0 Å². The van der Waals surface area contributed by atoms with Crippen LogP contribution in [0.15, 0.2) is 30.3 Å². The van der Waals surface area contributed by atoms with Crippen molar-refractivity contribution in [2.45, 2.75) is 38.3 Å². The van der Waals surface area contributed by atoms with Crippen LogP contribution < -0.4 is 11.1 Å². The molecule has 1 rings (SSSR count). The van der Waals surface area contributed by atoms with Gasteiger partial charge in [-0.2, -0.15) is 0 Å². The van der Waals surface area contributed by atoms with Gasteiger partial charge in [0.05, 0.1) is 11.6 Å². The average Bonchev–Trinajstić information content (AvgIpc) is 2.43. The van der Waals surface area contributed by atoms with Gasteiger partial charge in [-0.3, -0.25) is 4.79 Å². The van der Waals surface area contributed by atoms with Gasteiger partial charge < -0.3 is 15.8 Å². The summed E-state index contributed by atoms with van der Waals surface area (Å²) >= 11 is 0. The Bertz CT molecular complexity index is 390. The topological polar surface area (TPSA) is 64.3 Å². The summed E-state index contributed by atoms with van der Waals surface area (Å²) < 4.78 is 5.24. The van der Waals surface area contributed by atoms with Crippen LogP contribution in [0, 0.1) is 0 Å². The number of hydrogen-bond acceptors (Lipinski definition) is 3. The molecule has 4 nitrogen and oxygen atoms in total. The SMILES string of the molecule is COC(C)(C)CNC(=O)[C@@H](N)CCc1ccccc1. The van der Waals surface area contributed by atoms with Crippen molar-refractivity contribution >= 4 is 5.91 Å². The van der Waals surface area contributed by atoms with Crippen LogP contribution in [0.5, 0.6) is 0 Å². The molecule has 19 heavy (non-hydrogen) atoms. The first-order valence-electron chi connectivity index (χ1n) is 6.57. The van der Waals surface area contributed by atoms with Crippen LogP contribution in [0.25, 0.3) is 0 Å². The first-order chi connectivity index (χ1) is 8.94. The number of rotatable bonds is 7. The molecule has 3 N–H and O–H groups in total. The van der Waals surface area contributed by atoms with Gasteiger partial charge in [-0.15, -0.1) is 0 Å². The lowest BCUT2D eigenvalue weighted by Gasteiger charge is -2.24. The van der Waals surface area contributed by atoms with Gasteiger partial charge in [-0.1, -0.05) is 30.3 Å². The molecule has 0 heterocycles. The molecule has 0 unspecified atom stereocenters. The van der Waals surface area contributed by atoms with Gasteiger partial charge in [0.2, 0.25) is 5.91 Å². The first-order valence-corrected chi connectivity index (χ1v) is 6.57. The molecule has 0 fully saturated rings. The quantitative estimate of drug-likeness (QED) is 0.784. The number of carbonyl (C=O) groups is 1. The van der Waals surface area contributed by atoms with Crippen molar-refractivity contribution in [2.75, 3.05) is 13.7 Å². The number of nitrogens with one attached hydrogen (secondary N) is 1. The zero-order valence-electron chi connectivity index (χ0n) is 12.0. The highest BCUT2D eigenvalue weighted by Gasteiger charge is 2.20. The second-order valence-corrected chi connectivity index (χ2v) is 5.31. The van der Waals surface area contributed by atoms with Gasteiger partial charge in [0, 0.05) is 13.7 Å². The normalized spacial score (nSPS) is 13.1. The van der Waals surface area contributed by atoms with Crippen LogP contribution in [0.1, 0.15) is 25.8 Å². The van der Waals surface area contributed by atoms with Crippen molar-refractivity contribution in [1.29, 1.82) is 0 Å². The van der Waals surface area contributed by atoms with E-state index in [0.29, 0.717) is 13.0 Å². The Kier molecular flexibility index (Phi) is 5.99. The average molecular weight is 264 g/mol. The number of aryl methyl sites for hydroxylation is 1. The minimum Gasteiger partial charge on any atom is -0.377 e. The number of methoxy groups -OCH3 is 1. The fraction of sp³-hybridized carbons (Fsp3) is 0.533. The molecule has 1 atom stereocenters. The van der Waals surface area contributed by atoms with E-state index in [4.69, 9.17) is 10.5 Å². The van der Waals surface area contributed by atoms with Crippen molar-refractivity contribution in [3.8, 4) is 0 Å². The minimum atomic E-state index is -0.479. The molecule has 0 aliphatic carbocycles. The van der Waals surface area contributed by atoms with E-state index in [1.54, 1.807) is 7.11 Å². The predicted molar refractivity (Wildman–Crippen MR) is 76.8 cm³/mol. The van der Waals surface area contributed by atoms with Crippen LogP contribution in [0.3, 0.4) is 0 Å². The van der Waals surface area contributed by atoms with Gasteiger partial charge in [0.1, 0.15) is 0 Å². The maximum atomic E-state index is 11.8. The zero-order chi connectivity index (χ0) is 14.3. The number of hydrogen-bond donors (Lipinski definition) is 2. The Morgan fingerprint density at radius 3 is 2.58 bits per heavy atom. The Morgan fingerprint density at radius 1 is 1.37 bits per heavy atom. The van der Waals surface area contributed by atoms with E-state index in [-0.39, 0.29) is 11.5 Å². The summed E-state index contributed by atoms with van der Waals surface area (Å²) in [6, 6.07) is 9.55. The summed E-state index contributed by atoms with van der Waals surface area (Å²) in [4.78, 5) is 11.8. The summed E-state index contributed by atoms with van der Waals surface area (Å²) in [5.74, 6) is -0.124. The summed E-state index contributed by atoms with van der Waals surface area (Å²) in [6.45, 7) is 4.30. The third kappa shape index (κ3) is 5.85. The number of benzene rings is 1. The monoisotopic (exact) mass is 264 g/mol. The van der Waals surface area contributed by atoms with Gasteiger partial charge >= 0.3 is 0 Å². The van der Waals surface area contributed by atoms with Crippen LogP contribution in [-0.2, 0) is 16.0 Å². The van der Waals surface area contributed by atoms with Crippen molar-refractivity contribution in [2.24, 2.45) is 5.73 Å². The highest BCUT2D eigenvalue weighted by atomic mass is 16.5. The number of ether oxygens (including phenoxy) is 1. The maximum Gasteiger partial charge on any atom is 0.237 e. The molecule has 0 bridgehead atoms. The van der Waals surface area contributed by atoms with E-state index in [0.717, 1.165) is 6.42 Å². The third-order valence-corrected chi connectivity index (χ3v) is 3.16. The molecule has 4 heteroatoms. The first kappa shape index (κ1) is 15.7. The van der Waals surface area contributed by atoms with E-state index in [1.807, 2.05) is 44.2 Å². The molecule has 1 aromatic carbocycles. The Balaban J connectivity index is 2.33. The molecule has 0 saturated carbocycles. The lowest BCUT2D eigenvalue weighted by Crippen LogP contribution is -2.46. The summed E-state index contributed by atoms with van der Waals surface area (Å²) in [5.41, 5.74) is 6.71. The summed E-state index contributed by atoms with van der Waals surface area (Å²) in [5, 5.41) is 2.82. The largest absolute Gasteiger partial charge is 0.377 e. The van der Waals surface area contributed by atoms with E-state index < -0.39 is 6.04 Å². The molecule has 0 aliphatic rings. The fourth-order valence-electron chi connectivity index (χ4n) is 1.60. The molecular formula is C15H24N2O2. The molecule has 0 aromatic heterocycles. The molecule has 0 aliphatic heterocycles. The Labute approximate surface area is 115 Å². The van der Waals surface area contributed by atoms with Gasteiger partial charge in [-0.25, -0.2) is 0 Å². The van der Waals surface area contributed by atoms with E-state index >= 15 is 0 Å². The molecule has 0 spiro atoms. The summed E-state index contributed by atoms with van der Waals surface area (Å²) in [6.07, 6.45) is 1.45. The number of nitrogens with two attached hydrogens (primary N) is 1. The van der Waals surface area contributed by atoms with Gasteiger partial charge in [0.15, 0.2) is 0 Å². The minimum absolute atomic E-state index is 0.124. The Hall–Kier alpha value is -1.39. The second kappa shape index (κ2) is 7.26. The van der Waals surface area contributed by atoms with Crippen LogP contribution in [-0.4, -0.2) is 31.2 Å². The number of amides is 1. The fourth-order valence-corrected chi connectivity index (χ4v) is 1.60. The van der Waals surface area contributed by atoms with Crippen LogP contribution in [0.2, 0.25) is 0 Å². The molecule has 106 valence electrons. The van der Waals surface area contributed by atoms with Gasteiger partial charge in [-0.05, 0) is 32.3 Å². The predicted octanol–water partition coefficient (Wildman–Crippen LogP) is 1.49. The molecule has 1 aromatic rings. The lowest BCUT2D eigenvalue weighted by molar-refractivity contribution is -0.123. The Morgan fingerprint density at radius 2 is 2.00 bits per heavy atom. The van der Waals surface area contributed by atoms with Crippen LogP contribution >= 0.6 is 0 Å². The van der Waals surface area contributed by atoms with E-state index in [9.17, 15) is 4.79 Å². The van der Waals surface area contributed by atoms with Crippen LogP contribution in [0.4, 0.5) is 0 Å². The molecule has 1 amide bonds. The second-order valence-electron chi connectivity index (χ2n) is 5.31. The molecular weight excluding hydrogens is 240 g/mol. The molecule has 0 radical (unpaired) electrons. The maximum absolute atomic E-state index is 11.8. The highest BCUT2D eigenvalue weighted by Crippen LogP contribution is 2.06. The standard InChI is InChI=1S/C15H24N2O2/c1-15(2,19-3)11-17-14(18)13(16)10-9-12-7-5-4-6-8-12/h4-8,13H,9-11,16H2,1-3H3,(H,17,18)/t13-/m0/s1. The summed E-state index contributed by atoms with van der Waals surface area (Å²) in [7, 11) is 1.63. The van der Waals surface area contributed by atoms with Crippen molar-refractivity contribution in [3.63, 3.8) is 0 Å². The van der Waals surface area contributed by atoms with Crippen molar-refractivity contribution in [1.82, 2.24) is 5.32 Å². The third-order valence-electron chi connectivity index (χ3n) is 3.16. The van der Waals surface area contributed by atoms with E-state index in [2.05, 4.69) is 5.32 Å². The lowest BCUT2D eigenvalue weighted by atomic mass is 10.0. The smallest absolute Gasteiger partial charge is 0.237 e. The van der Waals surface area contributed by atoms with Crippen molar-refractivity contribution in [3.05, 3.63) is 35.9 Å². The van der Waals surface area contributed by atoms with E-state index in [1.165, 1.54) is 5.56 Å². The highest BCUT2D eigenvalue weighted by molar-refractivity contribution is 5.81. The number of carbonyl (C=O) groups excluding carboxylic acids is 1. The zero-order valence-corrected chi connectivity index (χ0v) is 12.0. The molecule has 0 saturated heterocycles.